The number of nitrogens with zero attached hydrogens (tertiary/aromatic N) is 4. The molecule has 1 aliphatic carbocycles. The lowest BCUT2D eigenvalue weighted by molar-refractivity contribution is -0.144. The third kappa shape index (κ3) is 3.42. The Morgan fingerprint density at radius 3 is 2.68 bits per heavy atom. The molecule has 7 nitrogen and oxygen atoms in total. The van der Waals surface area contributed by atoms with Crippen LogP contribution in [0.25, 0.3) is 0 Å². The van der Waals surface area contributed by atoms with Crippen molar-refractivity contribution in [2.75, 3.05) is 27.2 Å². The summed E-state index contributed by atoms with van der Waals surface area (Å²) in [5.41, 5.74) is 1.18. The number of hydrogen-bond acceptors (Lipinski definition) is 4. The number of carbonyl (C=O) groups excluding carboxylic acids is 2. The van der Waals surface area contributed by atoms with Crippen LogP contribution in [-0.2, 0) is 22.6 Å². The fraction of sp³-hybridized carbons (Fsp3) is 0.722. The van der Waals surface area contributed by atoms with Gasteiger partial charge in [-0.25, -0.2) is 0 Å². The SMILES string of the molecule is CCN(C)C(=O)c1cnn2c1CN(C(=O)CC1(OC)CCC1)CCC2. The highest BCUT2D eigenvalue weighted by Gasteiger charge is 2.40. The summed E-state index contributed by atoms with van der Waals surface area (Å²) in [4.78, 5) is 29.0. The Balaban J connectivity index is 1.77. The molecule has 25 heavy (non-hydrogen) atoms. The molecule has 1 fully saturated rings. The lowest BCUT2D eigenvalue weighted by Crippen LogP contribution is -2.45. The molecule has 3 rings (SSSR count). The molecule has 0 bridgehead atoms. The van der Waals surface area contributed by atoms with E-state index in [1.807, 2.05) is 16.5 Å². The molecule has 0 unspecified atom stereocenters. The minimum atomic E-state index is -0.273. The maximum atomic E-state index is 12.8. The summed E-state index contributed by atoms with van der Waals surface area (Å²) in [7, 11) is 3.48. The Labute approximate surface area is 148 Å². The first kappa shape index (κ1) is 17.9. The fourth-order valence-electron chi connectivity index (χ4n) is 3.59. The van der Waals surface area contributed by atoms with E-state index in [1.165, 1.54) is 0 Å². The predicted molar refractivity (Wildman–Crippen MR) is 93.1 cm³/mol. The van der Waals surface area contributed by atoms with Gasteiger partial charge in [-0.2, -0.15) is 5.10 Å². The number of aromatic nitrogens is 2. The van der Waals surface area contributed by atoms with Crippen LogP contribution >= 0.6 is 0 Å². The van der Waals surface area contributed by atoms with Crippen molar-refractivity contribution < 1.29 is 14.3 Å². The zero-order valence-electron chi connectivity index (χ0n) is 15.5. The van der Waals surface area contributed by atoms with Crippen LogP contribution in [0.4, 0.5) is 0 Å². The topological polar surface area (TPSA) is 67.7 Å². The number of ether oxygens (including phenoxy) is 1. The quantitative estimate of drug-likeness (QED) is 0.812. The van der Waals surface area contributed by atoms with E-state index in [4.69, 9.17) is 4.74 Å². The number of carbonyl (C=O) groups is 2. The first-order chi connectivity index (χ1) is 12.0. The van der Waals surface area contributed by atoms with Gasteiger partial charge in [-0.1, -0.05) is 0 Å². The third-order valence-corrected chi connectivity index (χ3v) is 5.66. The lowest BCUT2D eigenvalue weighted by Gasteiger charge is -2.41. The largest absolute Gasteiger partial charge is 0.378 e. The number of amides is 2. The van der Waals surface area contributed by atoms with Crippen molar-refractivity contribution in [1.82, 2.24) is 19.6 Å². The molecular formula is C18H28N4O3. The van der Waals surface area contributed by atoms with Crippen molar-refractivity contribution in [3.8, 4) is 0 Å². The van der Waals surface area contributed by atoms with Crippen molar-refractivity contribution in [1.29, 1.82) is 0 Å². The van der Waals surface area contributed by atoms with Gasteiger partial charge in [0.2, 0.25) is 5.91 Å². The Bertz CT molecular complexity index is 645. The van der Waals surface area contributed by atoms with Crippen molar-refractivity contribution >= 4 is 11.8 Å². The van der Waals surface area contributed by atoms with Gasteiger partial charge in [-0.05, 0) is 32.6 Å². The van der Waals surface area contributed by atoms with Crippen LogP contribution in [0.2, 0.25) is 0 Å². The highest BCUT2D eigenvalue weighted by Crippen LogP contribution is 2.38. The van der Waals surface area contributed by atoms with Gasteiger partial charge in [-0.15, -0.1) is 0 Å². The Kier molecular flexibility index (Phi) is 5.13. The predicted octanol–water partition coefficient (Wildman–Crippen LogP) is 1.67. The van der Waals surface area contributed by atoms with Crippen LogP contribution in [0.15, 0.2) is 6.20 Å². The van der Waals surface area contributed by atoms with Gasteiger partial charge in [0.1, 0.15) is 0 Å². The zero-order valence-corrected chi connectivity index (χ0v) is 15.5. The second kappa shape index (κ2) is 7.15. The van der Waals surface area contributed by atoms with E-state index in [2.05, 4.69) is 5.10 Å². The first-order valence-corrected chi connectivity index (χ1v) is 9.13. The van der Waals surface area contributed by atoms with Crippen molar-refractivity contribution in [2.24, 2.45) is 0 Å². The average Bonchev–Trinajstić information content (AvgIpc) is 2.86. The van der Waals surface area contributed by atoms with E-state index in [0.29, 0.717) is 31.6 Å². The van der Waals surface area contributed by atoms with Gasteiger partial charge in [-0.3, -0.25) is 14.3 Å². The summed E-state index contributed by atoms with van der Waals surface area (Å²) < 4.78 is 7.48. The van der Waals surface area contributed by atoms with E-state index >= 15 is 0 Å². The number of methoxy groups -OCH3 is 1. The summed E-state index contributed by atoms with van der Waals surface area (Å²) >= 11 is 0. The van der Waals surface area contributed by atoms with Gasteiger partial charge in [0.05, 0.1) is 36.0 Å². The van der Waals surface area contributed by atoms with Gasteiger partial charge >= 0.3 is 0 Å². The van der Waals surface area contributed by atoms with E-state index in [1.54, 1.807) is 25.3 Å². The smallest absolute Gasteiger partial charge is 0.257 e. The number of aryl methyl sites for hydroxylation is 1. The zero-order chi connectivity index (χ0) is 18.0. The fourth-order valence-corrected chi connectivity index (χ4v) is 3.59. The van der Waals surface area contributed by atoms with E-state index in [0.717, 1.165) is 37.9 Å². The minimum absolute atomic E-state index is 0.0367. The number of rotatable bonds is 5. The van der Waals surface area contributed by atoms with E-state index in [9.17, 15) is 9.59 Å². The molecule has 0 spiro atoms. The Hall–Kier alpha value is -1.89. The maximum absolute atomic E-state index is 12.8. The molecule has 2 amide bonds. The van der Waals surface area contributed by atoms with Crippen LogP contribution in [0, 0.1) is 0 Å². The number of fused-ring (bicyclic) bond motifs is 1. The van der Waals surface area contributed by atoms with Crippen LogP contribution < -0.4 is 0 Å². The molecule has 2 aliphatic rings. The second-order valence-corrected chi connectivity index (χ2v) is 7.13. The van der Waals surface area contributed by atoms with Crippen molar-refractivity contribution in [3.05, 3.63) is 17.5 Å². The molecule has 1 aliphatic heterocycles. The van der Waals surface area contributed by atoms with Crippen LogP contribution in [0.5, 0.6) is 0 Å². The normalized spacial score (nSPS) is 18.9. The van der Waals surface area contributed by atoms with E-state index in [-0.39, 0.29) is 17.4 Å². The molecule has 1 saturated carbocycles. The highest BCUT2D eigenvalue weighted by molar-refractivity contribution is 5.95. The molecule has 1 aromatic rings. The third-order valence-electron chi connectivity index (χ3n) is 5.66. The number of hydrogen-bond donors (Lipinski definition) is 0. The highest BCUT2D eigenvalue weighted by atomic mass is 16.5. The molecule has 7 heteroatoms. The van der Waals surface area contributed by atoms with Gasteiger partial charge in [0.25, 0.3) is 5.91 Å². The molecule has 1 aromatic heterocycles. The molecule has 2 heterocycles. The molecule has 0 atom stereocenters. The second-order valence-electron chi connectivity index (χ2n) is 7.13. The van der Waals surface area contributed by atoms with Crippen LogP contribution in [-0.4, -0.2) is 64.2 Å². The molecule has 0 aromatic carbocycles. The Morgan fingerprint density at radius 1 is 1.32 bits per heavy atom. The van der Waals surface area contributed by atoms with E-state index < -0.39 is 0 Å². The standard InChI is InChI=1S/C18H28N4O3/c1-4-20(2)17(24)14-12-19-22-10-6-9-21(13-15(14)22)16(23)11-18(25-3)7-5-8-18/h12H,4-11,13H2,1-3H3. The van der Waals surface area contributed by atoms with Crippen LogP contribution in [0.1, 0.15) is 55.1 Å². The summed E-state index contributed by atoms with van der Waals surface area (Å²) in [5, 5.41) is 4.37. The summed E-state index contributed by atoms with van der Waals surface area (Å²) in [5.74, 6) is 0.0730. The molecule has 138 valence electrons. The molecule has 0 N–H and O–H groups in total. The maximum Gasteiger partial charge on any atom is 0.257 e. The summed E-state index contributed by atoms with van der Waals surface area (Å²) in [6, 6.07) is 0. The summed E-state index contributed by atoms with van der Waals surface area (Å²) in [6.07, 6.45) is 5.93. The minimum Gasteiger partial charge on any atom is -0.378 e. The van der Waals surface area contributed by atoms with Gasteiger partial charge in [0.15, 0.2) is 0 Å². The van der Waals surface area contributed by atoms with Crippen LogP contribution in [0.3, 0.4) is 0 Å². The molecule has 0 saturated heterocycles. The monoisotopic (exact) mass is 348 g/mol. The lowest BCUT2D eigenvalue weighted by atomic mass is 9.77. The Morgan fingerprint density at radius 2 is 2.08 bits per heavy atom. The summed E-state index contributed by atoms with van der Waals surface area (Å²) in [6.45, 7) is 4.45. The van der Waals surface area contributed by atoms with Crippen molar-refractivity contribution in [2.45, 2.75) is 57.7 Å². The average molecular weight is 348 g/mol. The first-order valence-electron chi connectivity index (χ1n) is 9.13. The van der Waals surface area contributed by atoms with Gasteiger partial charge in [0, 0.05) is 33.8 Å². The molecule has 0 radical (unpaired) electrons. The van der Waals surface area contributed by atoms with Crippen molar-refractivity contribution in [3.63, 3.8) is 0 Å². The van der Waals surface area contributed by atoms with Gasteiger partial charge < -0.3 is 14.5 Å². The molecular weight excluding hydrogens is 320 g/mol.